The molecule has 0 unspecified atom stereocenters. The molecule has 0 aromatic carbocycles. The van der Waals surface area contributed by atoms with E-state index in [-0.39, 0.29) is 0 Å². The third-order valence-corrected chi connectivity index (χ3v) is 0.271. The van der Waals surface area contributed by atoms with Crippen LogP contribution in [0, 0.1) is 0 Å². The Bertz CT molecular complexity index is 129. The van der Waals surface area contributed by atoms with Crippen molar-refractivity contribution in [1.82, 2.24) is 0 Å². The number of aliphatic carboxylic acids is 2. The first-order chi connectivity index (χ1) is 6.27. The highest BCUT2D eigenvalue weighted by Gasteiger charge is 1.92. The van der Waals surface area contributed by atoms with Gasteiger partial charge in [-0.25, -0.2) is 9.59 Å². The van der Waals surface area contributed by atoms with Crippen molar-refractivity contribution in [2.45, 2.75) is 0 Å². The Labute approximate surface area is 78.7 Å². The van der Waals surface area contributed by atoms with E-state index in [1.165, 1.54) is 0 Å². The van der Waals surface area contributed by atoms with Gasteiger partial charge in [-0.2, -0.15) is 0 Å². The predicted molar refractivity (Wildman–Crippen MR) is 41.9 cm³/mol. The van der Waals surface area contributed by atoms with E-state index in [1.54, 1.807) is 0 Å². The summed E-state index contributed by atoms with van der Waals surface area (Å²) in [6, 6.07) is 0. The fourth-order valence-corrected chi connectivity index (χ4v) is 0. The summed E-state index contributed by atoms with van der Waals surface area (Å²) in [5.74, 6) is -2.38. The monoisotopic (exact) mass is 214 g/mol. The molecule has 0 aliphatic rings. The van der Waals surface area contributed by atoms with Gasteiger partial charge in [-0.1, -0.05) is 0 Å². The molecule has 0 aliphatic heterocycles. The second-order valence-corrected chi connectivity index (χ2v) is 1.45. The van der Waals surface area contributed by atoms with Gasteiger partial charge in [-0.05, 0) is 0 Å². The molecule has 0 atom stereocenters. The van der Waals surface area contributed by atoms with Crippen LogP contribution in [0.1, 0.15) is 0 Å². The molecule has 0 radical (unpaired) electrons. The van der Waals surface area contributed by atoms with E-state index in [9.17, 15) is 0 Å². The van der Waals surface area contributed by atoms with Crippen molar-refractivity contribution >= 4 is 19.3 Å². The molecule has 9 nitrogen and oxygen atoms in total. The Kier molecular flexibility index (Phi) is 19.0. The first-order valence-corrected chi connectivity index (χ1v) is 2.97. The van der Waals surface area contributed by atoms with Crippen LogP contribution in [0.25, 0.3) is 0 Å². The van der Waals surface area contributed by atoms with E-state index in [0.29, 0.717) is 0 Å². The molecule has 0 saturated carbocycles. The third-order valence-electron chi connectivity index (χ3n) is 0.271. The average Bonchev–Trinajstić information content (AvgIpc) is 2.04. The minimum absolute atomic E-state index is 0.778. The summed E-state index contributed by atoms with van der Waals surface area (Å²) in [4.78, 5) is 18.2. The molecule has 84 valence electrons. The van der Waals surface area contributed by atoms with Gasteiger partial charge in [-0.3, -0.25) is 0 Å². The molecule has 0 spiro atoms. The summed E-state index contributed by atoms with van der Waals surface area (Å²) in [6.07, 6.45) is 0. The summed E-state index contributed by atoms with van der Waals surface area (Å²) in [6.45, 7) is -1.56. The first kappa shape index (κ1) is 18.6. The van der Waals surface area contributed by atoms with E-state index < -0.39 is 32.5 Å². The molecular weight excluding hydrogens is 203 g/mol. The Morgan fingerprint density at radius 1 is 0.857 bits per heavy atom. The van der Waals surface area contributed by atoms with E-state index in [2.05, 4.69) is 0 Å². The molecule has 0 fully saturated rings. The molecule has 0 amide bonds. The van der Waals surface area contributed by atoms with Crippen molar-refractivity contribution in [3.8, 4) is 0 Å². The Hall–Kier alpha value is -1.20. The van der Waals surface area contributed by atoms with Crippen molar-refractivity contribution < 1.29 is 45.1 Å². The molecule has 0 aromatic rings. The fraction of sp³-hybridized carbons (Fsp3) is 0.500. The van der Waals surface area contributed by atoms with E-state index in [1.807, 2.05) is 0 Å². The maximum absolute atomic E-state index is 9.12. The maximum atomic E-state index is 9.12. The van der Waals surface area contributed by atoms with Crippen LogP contribution in [0.4, 0.5) is 0 Å². The average molecular weight is 214 g/mol. The van der Waals surface area contributed by atoms with Crippen LogP contribution in [0.15, 0.2) is 0 Å². The van der Waals surface area contributed by atoms with Crippen molar-refractivity contribution in [3.63, 3.8) is 0 Å². The van der Waals surface area contributed by atoms with E-state index in [4.69, 9.17) is 45.1 Å². The lowest BCUT2D eigenvalue weighted by Gasteiger charge is -1.72. The number of rotatable bonds is 2. The van der Waals surface area contributed by atoms with Gasteiger partial charge in [0.15, 0.2) is 0 Å². The van der Waals surface area contributed by atoms with Gasteiger partial charge in [0, 0.05) is 0 Å². The van der Waals surface area contributed by atoms with Gasteiger partial charge in [0.1, 0.15) is 13.2 Å². The fourth-order valence-electron chi connectivity index (χ4n) is 0. The van der Waals surface area contributed by atoms with Gasteiger partial charge in [0.25, 0.3) is 0 Å². The quantitative estimate of drug-likeness (QED) is 0.226. The highest BCUT2D eigenvalue weighted by molar-refractivity contribution is 6.30. The molecular formula is C4H11BO9. The topological polar surface area (TPSA) is 176 Å². The van der Waals surface area contributed by atoms with Crippen LogP contribution in [0.3, 0.4) is 0 Å². The number of hydrogen-bond acceptors (Lipinski definition) is 7. The number of aliphatic hydroxyl groups is 2. The van der Waals surface area contributed by atoms with Gasteiger partial charge in [0.2, 0.25) is 0 Å². The van der Waals surface area contributed by atoms with Crippen LogP contribution in [0.5, 0.6) is 0 Å². The van der Waals surface area contributed by atoms with Gasteiger partial charge in [-0.15, -0.1) is 0 Å². The highest BCUT2D eigenvalue weighted by Crippen LogP contribution is 1.49. The Morgan fingerprint density at radius 3 is 0.929 bits per heavy atom. The van der Waals surface area contributed by atoms with Crippen LogP contribution < -0.4 is 0 Å². The number of carboxylic acids is 2. The summed E-state index contributed by atoms with van der Waals surface area (Å²) in [7, 11) is -2.17. The molecule has 0 heterocycles. The molecule has 10 heteroatoms. The van der Waals surface area contributed by atoms with Crippen LogP contribution in [-0.2, 0) is 9.59 Å². The second-order valence-electron chi connectivity index (χ2n) is 1.45. The molecule has 7 N–H and O–H groups in total. The van der Waals surface area contributed by atoms with Crippen molar-refractivity contribution in [3.05, 3.63) is 0 Å². The highest BCUT2D eigenvalue weighted by atomic mass is 16.5. The van der Waals surface area contributed by atoms with Crippen LogP contribution in [0.2, 0.25) is 0 Å². The van der Waals surface area contributed by atoms with Crippen LogP contribution >= 0.6 is 0 Å². The number of hydrogen-bond donors (Lipinski definition) is 7. The lowest BCUT2D eigenvalue weighted by Crippen LogP contribution is -2.07. The SMILES string of the molecule is O=C(O)CO.O=C(O)CO.OB(O)O. The molecule has 0 aliphatic carbocycles. The van der Waals surface area contributed by atoms with Crippen molar-refractivity contribution in [1.29, 1.82) is 0 Å². The minimum Gasteiger partial charge on any atom is -0.480 e. The number of carboxylic acid groups (broad SMARTS) is 2. The first-order valence-electron chi connectivity index (χ1n) is 2.97. The van der Waals surface area contributed by atoms with Gasteiger partial charge in [0.05, 0.1) is 0 Å². The molecule has 0 bridgehead atoms. The van der Waals surface area contributed by atoms with E-state index >= 15 is 0 Å². The summed E-state index contributed by atoms with van der Waals surface area (Å²) >= 11 is 0. The zero-order valence-electron chi connectivity index (χ0n) is 6.94. The zero-order valence-corrected chi connectivity index (χ0v) is 6.94. The normalized spacial score (nSPS) is 7.21. The summed E-state index contributed by atoms with van der Waals surface area (Å²) in [5, 5.41) is 51.5. The Morgan fingerprint density at radius 2 is 0.929 bits per heavy atom. The standard InChI is InChI=1S/2C2H4O3.BH3O3/c2*3-1-2(4)5;2-1(3)4/h2*3H,1H2,(H,4,5);2-4H. The van der Waals surface area contributed by atoms with Crippen molar-refractivity contribution in [2.75, 3.05) is 13.2 Å². The molecule has 0 aromatic heterocycles. The third kappa shape index (κ3) is 132. The molecule has 14 heavy (non-hydrogen) atoms. The Balaban J connectivity index is -0.000000131. The molecule has 0 rings (SSSR count). The second kappa shape index (κ2) is 14.3. The number of aliphatic hydroxyl groups excluding tert-OH is 2. The maximum Gasteiger partial charge on any atom is 0.631 e. The summed E-state index contributed by atoms with van der Waals surface area (Å²) in [5.41, 5.74) is 0. The van der Waals surface area contributed by atoms with Gasteiger partial charge < -0.3 is 35.5 Å². The largest absolute Gasteiger partial charge is 0.631 e. The van der Waals surface area contributed by atoms with Crippen LogP contribution in [-0.4, -0.2) is 68.0 Å². The van der Waals surface area contributed by atoms with Gasteiger partial charge >= 0.3 is 19.3 Å². The number of carbonyl (C=O) groups is 2. The predicted octanol–water partition coefficient (Wildman–Crippen LogP) is -3.93. The molecule has 0 saturated heterocycles. The zero-order chi connectivity index (χ0) is 12.1. The van der Waals surface area contributed by atoms with E-state index in [0.717, 1.165) is 0 Å². The lowest BCUT2D eigenvalue weighted by atomic mass is 10.3. The minimum atomic E-state index is -2.17. The lowest BCUT2D eigenvalue weighted by molar-refractivity contribution is -0.141. The van der Waals surface area contributed by atoms with Crippen molar-refractivity contribution in [2.24, 2.45) is 0 Å². The summed E-state index contributed by atoms with van der Waals surface area (Å²) < 4.78 is 0. The smallest absolute Gasteiger partial charge is 0.480 e.